The zero-order valence-electron chi connectivity index (χ0n) is 21.3. The minimum Gasteiger partial charge on any atom is -0.506 e. The highest BCUT2D eigenvalue weighted by atomic mass is 32.2. The minimum atomic E-state index is -0.0833. The SMILES string of the molecule is C=C(/N=C\C=C/C)SCC(=O)N1CCC(C(=C)N/C=C(\C)C(=C)Nc2cc(C(C)=O)ccc2O)CC1. The number of rotatable bonds is 12. The maximum Gasteiger partial charge on any atom is 0.232 e. The number of benzene rings is 1. The Balaban J connectivity index is 1.81. The van der Waals surface area contributed by atoms with Gasteiger partial charge in [0.05, 0.1) is 16.5 Å². The molecule has 36 heavy (non-hydrogen) atoms. The fraction of sp³-hybridized carbons (Fsp3) is 0.321. The van der Waals surface area contributed by atoms with Crippen LogP contribution in [0.5, 0.6) is 5.75 Å². The number of aromatic hydroxyl groups is 1. The molecule has 0 saturated carbocycles. The van der Waals surface area contributed by atoms with E-state index >= 15 is 0 Å². The first kappa shape index (κ1) is 28.7. The maximum absolute atomic E-state index is 12.5. The minimum absolute atomic E-state index is 0.0386. The third-order valence-electron chi connectivity index (χ3n) is 5.84. The third kappa shape index (κ3) is 8.92. The Bertz CT molecular complexity index is 1100. The number of nitrogens with zero attached hydrogens (tertiary/aromatic N) is 2. The van der Waals surface area contributed by atoms with E-state index in [1.165, 1.54) is 24.8 Å². The number of hydrogen-bond acceptors (Lipinski definition) is 7. The van der Waals surface area contributed by atoms with Gasteiger partial charge in [-0.15, -0.1) is 0 Å². The normalized spacial score (nSPS) is 14.8. The van der Waals surface area contributed by atoms with Crippen molar-refractivity contribution in [2.45, 2.75) is 33.6 Å². The van der Waals surface area contributed by atoms with Gasteiger partial charge in [-0.2, -0.15) is 0 Å². The molecule has 0 radical (unpaired) electrons. The van der Waals surface area contributed by atoms with E-state index in [-0.39, 0.29) is 23.4 Å². The lowest BCUT2D eigenvalue weighted by molar-refractivity contribution is -0.129. The number of amides is 1. The monoisotopic (exact) mass is 508 g/mol. The van der Waals surface area contributed by atoms with Crippen LogP contribution in [0, 0.1) is 5.92 Å². The van der Waals surface area contributed by atoms with Crippen LogP contribution in [0.3, 0.4) is 0 Å². The third-order valence-corrected chi connectivity index (χ3v) is 6.67. The van der Waals surface area contributed by atoms with Crippen LogP contribution in [-0.2, 0) is 4.79 Å². The maximum atomic E-state index is 12.5. The predicted octanol–water partition coefficient (Wildman–Crippen LogP) is 5.62. The summed E-state index contributed by atoms with van der Waals surface area (Å²) in [6.07, 6.45) is 8.85. The van der Waals surface area contributed by atoms with Gasteiger partial charge in [-0.3, -0.25) is 14.6 Å². The number of carbonyl (C=O) groups excluding carboxylic acids is 2. The van der Waals surface area contributed by atoms with E-state index in [1.807, 2.05) is 37.1 Å². The Morgan fingerprint density at radius 2 is 1.92 bits per heavy atom. The average Bonchev–Trinajstić information content (AvgIpc) is 2.86. The number of hydrogen-bond donors (Lipinski definition) is 3. The Labute approximate surface area is 218 Å². The first-order chi connectivity index (χ1) is 17.1. The Morgan fingerprint density at radius 1 is 1.22 bits per heavy atom. The van der Waals surface area contributed by atoms with Gasteiger partial charge < -0.3 is 20.6 Å². The second-order valence-electron chi connectivity index (χ2n) is 8.53. The summed E-state index contributed by atoms with van der Waals surface area (Å²) in [5, 5.41) is 17.0. The smallest absolute Gasteiger partial charge is 0.232 e. The van der Waals surface area contributed by atoms with E-state index in [9.17, 15) is 14.7 Å². The molecule has 1 aliphatic heterocycles. The molecule has 1 amide bonds. The van der Waals surface area contributed by atoms with Crippen LogP contribution >= 0.6 is 11.8 Å². The highest BCUT2D eigenvalue weighted by Crippen LogP contribution is 2.27. The van der Waals surface area contributed by atoms with Gasteiger partial charge in [-0.05, 0) is 63.5 Å². The molecule has 7 nitrogen and oxygen atoms in total. The highest BCUT2D eigenvalue weighted by molar-refractivity contribution is 8.03. The molecule has 2 rings (SSSR count). The molecule has 3 N–H and O–H groups in total. The lowest BCUT2D eigenvalue weighted by Crippen LogP contribution is -2.40. The molecule has 0 spiro atoms. The van der Waals surface area contributed by atoms with Crippen LogP contribution in [0.1, 0.15) is 44.0 Å². The number of nitrogens with one attached hydrogen (secondary N) is 2. The first-order valence-corrected chi connectivity index (χ1v) is 12.8. The lowest BCUT2D eigenvalue weighted by atomic mass is 9.94. The summed E-state index contributed by atoms with van der Waals surface area (Å²) in [5.74, 6) is 0.632. The molecule has 1 aromatic rings. The van der Waals surface area contributed by atoms with E-state index in [0.717, 1.165) is 24.1 Å². The zero-order chi connectivity index (χ0) is 26.7. The van der Waals surface area contributed by atoms with Gasteiger partial charge in [-0.25, -0.2) is 0 Å². The number of aliphatic imine (C=N–C) groups is 1. The van der Waals surface area contributed by atoms with Crippen LogP contribution in [-0.4, -0.2) is 46.8 Å². The number of piperidine rings is 1. The number of allylic oxidation sites excluding steroid dienone is 4. The molecule has 1 fully saturated rings. The van der Waals surface area contributed by atoms with Crippen LogP contribution in [0.4, 0.5) is 5.69 Å². The zero-order valence-corrected chi connectivity index (χ0v) is 22.2. The number of ketones is 1. The fourth-order valence-electron chi connectivity index (χ4n) is 3.49. The number of carbonyl (C=O) groups is 2. The van der Waals surface area contributed by atoms with Crippen molar-refractivity contribution in [3.05, 3.63) is 83.8 Å². The summed E-state index contributed by atoms with van der Waals surface area (Å²) in [7, 11) is 0. The van der Waals surface area contributed by atoms with Crippen molar-refractivity contribution in [2.75, 3.05) is 24.2 Å². The second-order valence-corrected chi connectivity index (χ2v) is 9.58. The molecule has 1 aliphatic rings. The van der Waals surface area contributed by atoms with Crippen molar-refractivity contribution < 1.29 is 14.7 Å². The average molecular weight is 509 g/mol. The van der Waals surface area contributed by atoms with Crippen molar-refractivity contribution in [3.63, 3.8) is 0 Å². The van der Waals surface area contributed by atoms with E-state index in [4.69, 9.17) is 0 Å². The van der Waals surface area contributed by atoms with E-state index in [2.05, 4.69) is 35.4 Å². The van der Waals surface area contributed by atoms with Crippen molar-refractivity contribution >= 4 is 35.4 Å². The summed E-state index contributed by atoms with van der Waals surface area (Å²) in [6, 6.07) is 4.66. The van der Waals surface area contributed by atoms with Crippen molar-refractivity contribution in [1.29, 1.82) is 0 Å². The molecule has 192 valence electrons. The number of anilines is 1. The van der Waals surface area contributed by atoms with E-state index in [1.54, 1.807) is 18.3 Å². The number of thioether (sulfide) groups is 1. The molecule has 0 atom stereocenters. The molecular weight excluding hydrogens is 472 g/mol. The van der Waals surface area contributed by atoms with E-state index < -0.39 is 0 Å². The van der Waals surface area contributed by atoms with E-state index in [0.29, 0.717) is 40.8 Å². The topological polar surface area (TPSA) is 94.0 Å². The molecule has 1 saturated heterocycles. The number of phenols is 1. The number of likely N-dealkylation sites (tertiary alicyclic amines) is 1. The van der Waals surface area contributed by atoms with Crippen LogP contribution in [0.15, 0.2) is 83.3 Å². The summed E-state index contributed by atoms with van der Waals surface area (Å²) < 4.78 is 0. The fourth-order valence-corrected chi connectivity index (χ4v) is 4.09. The predicted molar refractivity (Wildman–Crippen MR) is 151 cm³/mol. The van der Waals surface area contributed by atoms with Crippen LogP contribution in [0.25, 0.3) is 0 Å². The summed E-state index contributed by atoms with van der Waals surface area (Å²) in [5.41, 5.74) is 3.22. The Kier molecular flexibility index (Phi) is 11.3. The molecule has 1 heterocycles. The summed E-state index contributed by atoms with van der Waals surface area (Å²) in [6.45, 7) is 18.7. The summed E-state index contributed by atoms with van der Waals surface area (Å²) >= 11 is 1.35. The number of Topliss-reactive ketones (excluding diaryl/α,β-unsaturated/α-hetero) is 1. The van der Waals surface area contributed by atoms with Crippen molar-refractivity contribution in [3.8, 4) is 5.75 Å². The van der Waals surface area contributed by atoms with Gasteiger partial charge in [0, 0.05) is 48.4 Å². The second kappa shape index (κ2) is 14.1. The van der Waals surface area contributed by atoms with Gasteiger partial charge in [-0.1, -0.05) is 37.6 Å². The molecule has 0 unspecified atom stereocenters. The molecule has 0 aliphatic carbocycles. The van der Waals surface area contributed by atoms with Gasteiger partial charge >= 0.3 is 0 Å². The van der Waals surface area contributed by atoms with Gasteiger partial charge in [0.15, 0.2) is 5.78 Å². The quantitative estimate of drug-likeness (QED) is 0.147. The van der Waals surface area contributed by atoms with Crippen LogP contribution < -0.4 is 10.6 Å². The highest BCUT2D eigenvalue weighted by Gasteiger charge is 2.24. The number of phenolic OH excluding ortho intramolecular Hbond substituents is 1. The molecular formula is C28H36N4O3S. The Hall–Kier alpha value is -3.52. The van der Waals surface area contributed by atoms with Crippen LogP contribution in [0.2, 0.25) is 0 Å². The molecule has 0 aromatic heterocycles. The Morgan fingerprint density at radius 3 is 2.56 bits per heavy atom. The van der Waals surface area contributed by atoms with Crippen molar-refractivity contribution in [2.24, 2.45) is 10.9 Å². The molecule has 0 bridgehead atoms. The van der Waals surface area contributed by atoms with Gasteiger partial charge in [0.2, 0.25) is 5.91 Å². The first-order valence-electron chi connectivity index (χ1n) is 11.8. The standard InChI is InChI=1S/C28H36N4O3S/c1-7-8-13-29-23(6)36-18-28(35)32-14-11-24(12-15-32)21(4)30-17-19(2)20(3)31-26-16-25(22(5)33)9-10-27(26)34/h7-10,13,16-17,24,30-31,34H,3-4,6,11-12,14-15,18H2,1-2,5H3/b8-7-,19-17+,29-13-. The van der Waals surface area contributed by atoms with Gasteiger partial charge in [0.25, 0.3) is 0 Å². The summed E-state index contributed by atoms with van der Waals surface area (Å²) in [4.78, 5) is 30.2. The van der Waals surface area contributed by atoms with Gasteiger partial charge in [0.1, 0.15) is 5.75 Å². The molecule has 1 aromatic carbocycles. The molecule has 8 heteroatoms. The largest absolute Gasteiger partial charge is 0.506 e. The lowest BCUT2D eigenvalue weighted by Gasteiger charge is -2.33. The van der Waals surface area contributed by atoms with Crippen molar-refractivity contribution in [1.82, 2.24) is 10.2 Å².